The summed E-state index contributed by atoms with van der Waals surface area (Å²) in [5.74, 6) is -0.224. The summed E-state index contributed by atoms with van der Waals surface area (Å²) in [5.41, 5.74) is 2.40. The maximum atomic E-state index is 13.6. The molecule has 3 aromatic rings. The molecule has 6 nitrogen and oxygen atoms in total. The molecule has 0 unspecified atom stereocenters. The predicted molar refractivity (Wildman–Crippen MR) is 111 cm³/mol. The van der Waals surface area contributed by atoms with Gasteiger partial charge in [-0.2, -0.15) is 0 Å². The number of aromatic nitrogens is 2. The topological polar surface area (TPSA) is 65.4 Å². The summed E-state index contributed by atoms with van der Waals surface area (Å²) in [7, 11) is 1.56. The lowest BCUT2D eigenvalue weighted by atomic mass is 10.2. The summed E-state index contributed by atoms with van der Waals surface area (Å²) < 4.78 is 26.1. The molecule has 1 heterocycles. The number of carbonyl (C=O) groups is 1. The van der Waals surface area contributed by atoms with Crippen molar-refractivity contribution in [2.45, 2.75) is 12.1 Å². The van der Waals surface area contributed by atoms with Crippen LogP contribution >= 0.6 is 11.8 Å². The zero-order chi connectivity index (χ0) is 20.6. The van der Waals surface area contributed by atoms with Gasteiger partial charge in [0, 0.05) is 25.6 Å². The number of imidazole rings is 1. The monoisotopic (exact) mass is 415 g/mol. The molecular formula is C21H22FN3O3S. The zero-order valence-electron chi connectivity index (χ0n) is 16.2. The lowest BCUT2D eigenvalue weighted by Crippen LogP contribution is -2.16. The Balaban J connectivity index is 1.65. The number of anilines is 1. The number of halogens is 1. The van der Waals surface area contributed by atoms with Crippen molar-refractivity contribution >= 4 is 23.4 Å². The second kappa shape index (κ2) is 10.1. The van der Waals surface area contributed by atoms with E-state index in [9.17, 15) is 9.18 Å². The summed E-state index contributed by atoms with van der Waals surface area (Å²) in [5, 5.41) is 3.41. The molecule has 0 atom stereocenters. The SMILES string of the molecule is COCCOc1ccc(F)cc1NC(=O)CSc1nccn1-c1ccccc1C. The third kappa shape index (κ3) is 5.58. The molecule has 152 valence electrons. The van der Waals surface area contributed by atoms with E-state index in [-0.39, 0.29) is 17.3 Å². The maximum Gasteiger partial charge on any atom is 0.234 e. The molecule has 0 aliphatic heterocycles. The van der Waals surface area contributed by atoms with Crippen molar-refractivity contribution in [1.29, 1.82) is 0 Å². The number of hydrogen-bond donors (Lipinski definition) is 1. The average molecular weight is 415 g/mol. The van der Waals surface area contributed by atoms with E-state index in [0.29, 0.717) is 24.1 Å². The number of nitrogens with one attached hydrogen (secondary N) is 1. The Morgan fingerprint density at radius 1 is 1.24 bits per heavy atom. The number of ether oxygens (including phenoxy) is 2. The van der Waals surface area contributed by atoms with Crippen molar-refractivity contribution in [2.75, 3.05) is 31.4 Å². The Morgan fingerprint density at radius 2 is 2.07 bits per heavy atom. The van der Waals surface area contributed by atoms with E-state index in [0.717, 1.165) is 11.3 Å². The first-order valence-corrected chi connectivity index (χ1v) is 10.0. The van der Waals surface area contributed by atoms with E-state index in [1.165, 1.54) is 30.0 Å². The maximum absolute atomic E-state index is 13.6. The first-order chi connectivity index (χ1) is 14.1. The van der Waals surface area contributed by atoms with Gasteiger partial charge in [-0.25, -0.2) is 9.37 Å². The highest BCUT2D eigenvalue weighted by atomic mass is 32.2. The Hall–Kier alpha value is -2.84. The molecule has 0 saturated carbocycles. The second-order valence-corrected chi connectivity index (χ2v) is 7.13. The molecule has 1 aromatic heterocycles. The van der Waals surface area contributed by atoms with Crippen LogP contribution in [0.3, 0.4) is 0 Å². The number of hydrogen-bond acceptors (Lipinski definition) is 5. The number of amides is 1. The Morgan fingerprint density at radius 3 is 2.86 bits per heavy atom. The second-order valence-electron chi connectivity index (χ2n) is 6.18. The highest BCUT2D eigenvalue weighted by molar-refractivity contribution is 7.99. The van der Waals surface area contributed by atoms with Crippen molar-refractivity contribution in [1.82, 2.24) is 9.55 Å². The fourth-order valence-electron chi connectivity index (χ4n) is 2.69. The first kappa shape index (κ1) is 20.9. The van der Waals surface area contributed by atoms with Crippen molar-refractivity contribution in [2.24, 2.45) is 0 Å². The van der Waals surface area contributed by atoms with E-state index in [1.54, 1.807) is 13.3 Å². The standard InChI is InChI=1S/C21H22FN3O3S/c1-15-5-3-4-6-18(15)25-10-9-23-21(25)29-14-20(26)24-17-13-16(22)7-8-19(17)28-12-11-27-2/h3-10,13H,11-12,14H2,1-2H3,(H,24,26). The lowest BCUT2D eigenvalue weighted by molar-refractivity contribution is -0.113. The number of thioether (sulfide) groups is 1. The van der Waals surface area contributed by atoms with Gasteiger partial charge in [-0.1, -0.05) is 30.0 Å². The van der Waals surface area contributed by atoms with Gasteiger partial charge in [0.25, 0.3) is 0 Å². The normalized spacial score (nSPS) is 10.7. The molecular weight excluding hydrogens is 393 g/mol. The Labute approximate surface area is 173 Å². The average Bonchev–Trinajstić information content (AvgIpc) is 3.17. The van der Waals surface area contributed by atoms with Gasteiger partial charge in [0.05, 0.1) is 23.7 Å². The number of rotatable bonds is 9. The molecule has 0 saturated heterocycles. The number of benzene rings is 2. The van der Waals surface area contributed by atoms with Gasteiger partial charge in [-0.3, -0.25) is 9.36 Å². The summed E-state index contributed by atoms with van der Waals surface area (Å²) in [4.78, 5) is 16.8. The molecule has 1 amide bonds. The van der Waals surface area contributed by atoms with Crippen LogP contribution in [0, 0.1) is 12.7 Å². The van der Waals surface area contributed by atoms with Crippen molar-refractivity contribution in [3.63, 3.8) is 0 Å². The molecule has 8 heteroatoms. The van der Waals surface area contributed by atoms with Crippen LogP contribution in [-0.2, 0) is 9.53 Å². The molecule has 1 N–H and O–H groups in total. The smallest absolute Gasteiger partial charge is 0.234 e. The van der Waals surface area contributed by atoms with E-state index in [1.807, 2.05) is 42.0 Å². The van der Waals surface area contributed by atoms with E-state index in [2.05, 4.69) is 10.3 Å². The number of methoxy groups -OCH3 is 1. The van der Waals surface area contributed by atoms with Crippen LogP contribution < -0.4 is 10.1 Å². The van der Waals surface area contributed by atoms with Crippen molar-refractivity contribution < 1.29 is 18.7 Å². The van der Waals surface area contributed by atoms with Gasteiger partial charge in [-0.15, -0.1) is 0 Å². The van der Waals surface area contributed by atoms with Crippen LogP contribution in [0.15, 0.2) is 60.0 Å². The van der Waals surface area contributed by atoms with E-state index < -0.39 is 5.82 Å². The van der Waals surface area contributed by atoms with Crippen LogP contribution in [0.5, 0.6) is 5.75 Å². The first-order valence-electron chi connectivity index (χ1n) is 9.02. The highest BCUT2D eigenvalue weighted by Crippen LogP contribution is 2.27. The fraction of sp³-hybridized carbons (Fsp3) is 0.238. The van der Waals surface area contributed by atoms with Gasteiger partial charge in [0.1, 0.15) is 18.2 Å². The fourth-order valence-corrected chi connectivity index (χ4v) is 3.46. The number of para-hydroxylation sites is 1. The summed E-state index contributed by atoms with van der Waals surface area (Å²) in [6.07, 6.45) is 3.55. The number of carbonyl (C=O) groups excluding carboxylic acids is 1. The van der Waals surface area contributed by atoms with Gasteiger partial charge in [0.15, 0.2) is 5.16 Å². The minimum absolute atomic E-state index is 0.122. The minimum Gasteiger partial charge on any atom is -0.489 e. The van der Waals surface area contributed by atoms with Crippen molar-refractivity contribution in [3.05, 3.63) is 66.2 Å². The lowest BCUT2D eigenvalue weighted by Gasteiger charge is -2.13. The van der Waals surface area contributed by atoms with Crippen LogP contribution in [0.4, 0.5) is 10.1 Å². The molecule has 0 bridgehead atoms. The third-order valence-electron chi connectivity index (χ3n) is 4.07. The highest BCUT2D eigenvalue weighted by Gasteiger charge is 2.13. The van der Waals surface area contributed by atoms with E-state index in [4.69, 9.17) is 9.47 Å². The van der Waals surface area contributed by atoms with Gasteiger partial charge >= 0.3 is 0 Å². The molecule has 3 rings (SSSR count). The van der Waals surface area contributed by atoms with Crippen LogP contribution in [0.2, 0.25) is 0 Å². The van der Waals surface area contributed by atoms with Crippen LogP contribution in [0.25, 0.3) is 5.69 Å². The minimum atomic E-state index is -0.456. The number of nitrogens with zero attached hydrogens (tertiary/aromatic N) is 2. The van der Waals surface area contributed by atoms with Gasteiger partial charge in [-0.05, 0) is 30.7 Å². The van der Waals surface area contributed by atoms with E-state index >= 15 is 0 Å². The third-order valence-corrected chi connectivity index (χ3v) is 5.04. The largest absolute Gasteiger partial charge is 0.489 e. The summed E-state index contributed by atoms with van der Waals surface area (Å²) >= 11 is 1.30. The number of aryl methyl sites for hydroxylation is 1. The molecule has 0 aliphatic rings. The molecule has 0 fully saturated rings. The van der Waals surface area contributed by atoms with Crippen LogP contribution in [0.1, 0.15) is 5.56 Å². The molecule has 0 aliphatic carbocycles. The molecule has 0 radical (unpaired) electrons. The predicted octanol–water partition coefficient (Wildman–Crippen LogP) is 4.08. The van der Waals surface area contributed by atoms with Crippen LogP contribution in [-0.4, -0.2) is 41.5 Å². The molecule has 0 spiro atoms. The van der Waals surface area contributed by atoms with Gasteiger partial charge in [0.2, 0.25) is 5.91 Å². The van der Waals surface area contributed by atoms with Gasteiger partial charge < -0.3 is 14.8 Å². The summed E-state index contributed by atoms with van der Waals surface area (Å²) in [6, 6.07) is 12.0. The molecule has 2 aromatic carbocycles. The molecule has 29 heavy (non-hydrogen) atoms. The van der Waals surface area contributed by atoms with Crippen molar-refractivity contribution in [3.8, 4) is 11.4 Å². The Kier molecular flexibility index (Phi) is 7.26. The Bertz CT molecular complexity index is 977. The zero-order valence-corrected chi connectivity index (χ0v) is 17.0. The summed E-state index contributed by atoms with van der Waals surface area (Å²) in [6.45, 7) is 2.71. The quantitative estimate of drug-likeness (QED) is 0.421.